The standard InChI is InChI=1S/C10H12N2O/c1-8(13)7-12-10-5-3-2-4-9(10)6-11/h2-5,8,12-13H,7H2,1H3. The summed E-state index contributed by atoms with van der Waals surface area (Å²) >= 11 is 0. The Morgan fingerprint density at radius 1 is 1.54 bits per heavy atom. The number of rotatable bonds is 3. The van der Waals surface area contributed by atoms with Crippen molar-refractivity contribution in [3.05, 3.63) is 29.8 Å². The average Bonchev–Trinajstić information content (AvgIpc) is 2.15. The van der Waals surface area contributed by atoms with Gasteiger partial charge in [-0.15, -0.1) is 0 Å². The minimum atomic E-state index is -0.410. The Bertz CT molecular complexity index is 315. The molecule has 0 amide bonds. The second-order valence-electron chi connectivity index (χ2n) is 2.89. The zero-order valence-corrected chi connectivity index (χ0v) is 7.49. The van der Waals surface area contributed by atoms with Crippen LogP contribution in [0.15, 0.2) is 24.3 Å². The number of aliphatic hydroxyl groups is 1. The molecule has 68 valence electrons. The summed E-state index contributed by atoms with van der Waals surface area (Å²) in [5.41, 5.74) is 1.37. The molecule has 1 rings (SSSR count). The van der Waals surface area contributed by atoms with Crippen molar-refractivity contribution < 1.29 is 5.11 Å². The first kappa shape index (κ1) is 9.56. The molecule has 0 aromatic heterocycles. The Labute approximate surface area is 77.6 Å². The third-order valence-electron chi connectivity index (χ3n) is 1.64. The Morgan fingerprint density at radius 2 is 2.23 bits per heavy atom. The number of aliphatic hydroxyl groups excluding tert-OH is 1. The van der Waals surface area contributed by atoms with E-state index in [1.165, 1.54) is 0 Å². The fraction of sp³-hybridized carbons (Fsp3) is 0.300. The fourth-order valence-electron chi connectivity index (χ4n) is 0.992. The number of nitrogens with zero attached hydrogens (tertiary/aromatic N) is 1. The van der Waals surface area contributed by atoms with E-state index in [2.05, 4.69) is 11.4 Å². The highest BCUT2D eigenvalue weighted by Crippen LogP contribution is 2.12. The normalized spacial score (nSPS) is 11.8. The van der Waals surface area contributed by atoms with Crippen molar-refractivity contribution in [1.29, 1.82) is 5.26 Å². The van der Waals surface area contributed by atoms with Crippen molar-refractivity contribution in [2.24, 2.45) is 0 Å². The Hall–Kier alpha value is -1.53. The molecule has 1 unspecified atom stereocenters. The summed E-state index contributed by atoms with van der Waals surface area (Å²) in [6, 6.07) is 9.30. The third-order valence-corrected chi connectivity index (χ3v) is 1.64. The van der Waals surface area contributed by atoms with Gasteiger partial charge >= 0.3 is 0 Å². The first-order valence-electron chi connectivity index (χ1n) is 4.15. The molecular weight excluding hydrogens is 164 g/mol. The van der Waals surface area contributed by atoms with Gasteiger partial charge in [0.15, 0.2) is 0 Å². The van der Waals surface area contributed by atoms with Gasteiger partial charge in [-0.2, -0.15) is 5.26 Å². The summed E-state index contributed by atoms with van der Waals surface area (Å²) in [6.07, 6.45) is -0.410. The minimum absolute atomic E-state index is 0.410. The van der Waals surface area contributed by atoms with Crippen LogP contribution in [-0.4, -0.2) is 17.8 Å². The molecule has 0 aliphatic carbocycles. The topological polar surface area (TPSA) is 56.0 Å². The van der Waals surface area contributed by atoms with Crippen LogP contribution in [-0.2, 0) is 0 Å². The van der Waals surface area contributed by atoms with Gasteiger partial charge in [-0.25, -0.2) is 0 Å². The number of benzene rings is 1. The highest BCUT2D eigenvalue weighted by atomic mass is 16.3. The van der Waals surface area contributed by atoms with E-state index in [-0.39, 0.29) is 0 Å². The number of hydrogen-bond acceptors (Lipinski definition) is 3. The van der Waals surface area contributed by atoms with Crippen molar-refractivity contribution in [3.8, 4) is 6.07 Å². The lowest BCUT2D eigenvalue weighted by molar-refractivity contribution is 0.208. The van der Waals surface area contributed by atoms with Crippen LogP contribution in [0.4, 0.5) is 5.69 Å². The predicted molar refractivity (Wildman–Crippen MR) is 51.3 cm³/mol. The van der Waals surface area contributed by atoms with Crippen LogP contribution in [0.2, 0.25) is 0 Å². The molecule has 0 fully saturated rings. The van der Waals surface area contributed by atoms with Crippen molar-refractivity contribution in [1.82, 2.24) is 0 Å². The van der Waals surface area contributed by atoms with Gasteiger partial charge in [0, 0.05) is 6.54 Å². The Morgan fingerprint density at radius 3 is 2.85 bits per heavy atom. The number of anilines is 1. The molecule has 0 heterocycles. The number of para-hydroxylation sites is 1. The van der Waals surface area contributed by atoms with Crippen molar-refractivity contribution >= 4 is 5.69 Å². The second-order valence-corrected chi connectivity index (χ2v) is 2.89. The van der Waals surface area contributed by atoms with Gasteiger partial charge in [-0.05, 0) is 19.1 Å². The van der Waals surface area contributed by atoms with Gasteiger partial charge in [0.2, 0.25) is 0 Å². The van der Waals surface area contributed by atoms with E-state index in [9.17, 15) is 0 Å². The largest absolute Gasteiger partial charge is 0.392 e. The highest BCUT2D eigenvalue weighted by molar-refractivity contribution is 5.57. The van der Waals surface area contributed by atoms with E-state index < -0.39 is 6.10 Å². The molecule has 0 aliphatic rings. The third kappa shape index (κ3) is 2.77. The zero-order valence-electron chi connectivity index (χ0n) is 7.49. The lowest BCUT2D eigenvalue weighted by Crippen LogP contribution is -2.15. The second kappa shape index (κ2) is 4.48. The summed E-state index contributed by atoms with van der Waals surface area (Å²) in [4.78, 5) is 0. The van der Waals surface area contributed by atoms with E-state index >= 15 is 0 Å². The first-order chi connectivity index (χ1) is 6.24. The molecular formula is C10H12N2O. The smallest absolute Gasteiger partial charge is 0.101 e. The van der Waals surface area contributed by atoms with Crippen molar-refractivity contribution in [3.63, 3.8) is 0 Å². The summed E-state index contributed by atoms with van der Waals surface area (Å²) in [7, 11) is 0. The van der Waals surface area contributed by atoms with Crippen molar-refractivity contribution in [2.45, 2.75) is 13.0 Å². The Kier molecular flexibility index (Phi) is 3.30. The number of nitrogens with one attached hydrogen (secondary N) is 1. The van der Waals surface area contributed by atoms with Crippen LogP contribution in [0.1, 0.15) is 12.5 Å². The summed E-state index contributed by atoms with van der Waals surface area (Å²) in [5.74, 6) is 0. The highest BCUT2D eigenvalue weighted by Gasteiger charge is 2.00. The van der Waals surface area contributed by atoms with E-state index in [0.29, 0.717) is 12.1 Å². The lowest BCUT2D eigenvalue weighted by atomic mass is 10.2. The quantitative estimate of drug-likeness (QED) is 0.731. The van der Waals surface area contributed by atoms with Crippen LogP contribution < -0.4 is 5.32 Å². The molecule has 0 spiro atoms. The first-order valence-corrected chi connectivity index (χ1v) is 4.15. The van der Waals surface area contributed by atoms with Crippen LogP contribution in [0.5, 0.6) is 0 Å². The number of nitriles is 1. The van der Waals surface area contributed by atoms with Gasteiger partial charge in [-0.3, -0.25) is 0 Å². The molecule has 0 radical (unpaired) electrons. The van der Waals surface area contributed by atoms with Crippen LogP contribution in [0.3, 0.4) is 0 Å². The van der Waals surface area contributed by atoms with Crippen LogP contribution in [0, 0.1) is 11.3 Å². The molecule has 0 saturated carbocycles. The van der Waals surface area contributed by atoms with E-state index in [4.69, 9.17) is 10.4 Å². The van der Waals surface area contributed by atoms with Gasteiger partial charge in [0.05, 0.1) is 17.4 Å². The average molecular weight is 176 g/mol. The molecule has 0 aliphatic heterocycles. The molecule has 1 aromatic carbocycles. The summed E-state index contributed by atoms with van der Waals surface area (Å²) in [6.45, 7) is 2.15. The van der Waals surface area contributed by atoms with E-state index in [0.717, 1.165) is 5.69 Å². The molecule has 3 heteroatoms. The van der Waals surface area contributed by atoms with Crippen molar-refractivity contribution in [2.75, 3.05) is 11.9 Å². The molecule has 1 aromatic rings. The predicted octanol–water partition coefficient (Wildman–Crippen LogP) is 1.35. The molecule has 1 atom stereocenters. The summed E-state index contributed by atoms with van der Waals surface area (Å²) < 4.78 is 0. The molecule has 0 saturated heterocycles. The van der Waals surface area contributed by atoms with Gasteiger partial charge in [0.1, 0.15) is 6.07 Å². The lowest BCUT2D eigenvalue weighted by Gasteiger charge is -2.09. The SMILES string of the molecule is CC(O)CNc1ccccc1C#N. The molecule has 2 N–H and O–H groups in total. The van der Waals surface area contributed by atoms with E-state index in [1.54, 1.807) is 13.0 Å². The summed E-state index contributed by atoms with van der Waals surface area (Å²) in [5, 5.41) is 20.8. The molecule has 0 bridgehead atoms. The maximum atomic E-state index is 9.03. The number of hydrogen-bond donors (Lipinski definition) is 2. The molecule has 13 heavy (non-hydrogen) atoms. The monoisotopic (exact) mass is 176 g/mol. The van der Waals surface area contributed by atoms with Crippen LogP contribution in [0.25, 0.3) is 0 Å². The van der Waals surface area contributed by atoms with Gasteiger partial charge in [-0.1, -0.05) is 12.1 Å². The fourth-order valence-corrected chi connectivity index (χ4v) is 0.992. The Balaban J connectivity index is 2.71. The molecule has 3 nitrogen and oxygen atoms in total. The zero-order chi connectivity index (χ0) is 9.68. The van der Waals surface area contributed by atoms with E-state index in [1.807, 2.05) is 18.2 Å². The van der Waals surface area contributed by atoms with Gasteiger partial charge < -0.3 is 10.4 Å². The maximum Gasteiger partial charge on any atom is 0.101 e. The minimum Gasteiger partial charge on any atom is -0.392 e. The van der Waals surface area contributed by atoms with Gasteiger partial charge in [0.25, 0.3) is 0 Å². The maximum absolute atomic E-state index is 9.03. The van der Waals surface area contributed by atoms with Crippen LogP contribution >= 0.6 is 0 Å².